The summed E-state index contributed by atoms with van der Waals surface area (Å²) < 4.78 is 31.2. The molecule has 10 heteroatoms. The van der Waals surface area contributed by atoms with Crippen molar-refractivity contribution in [3.8, 4) is 0 Å². The van der Waals surface area contributed by atoms with Crippen molar-refractivity contribution in [3.05, 3.63) is 42.0 Å². The molecule has 0 radical (unpaired) electrons. The Morgan fingerprint density at radius 2 is 1.92 bits per heavy atom. The summed E-state index contributed by atoms with van der Waals surface area (Å²) in [5.74, 6) is 1.92. The Bertz CT molecular complexity index is 993. The van der Waals surface area contributed by atoms with E-state index in [-0.39, 0.29) is 18.8 Å². The summed E-state index contributed by atoms with van der Waals surface area (Å²) in [6.45, 7) is 6.28. The highest BCUT2D eigenvalue weighted by Crippen LogP contribution is 2.41. The normalized spacial score (nSPS) is 19.8. The van der Waals surface area contributed by atoms with Gasteiger partial charge in [-0.3, -0.25) is 15.0 Å². The van der Waals surface area contributed by atoms with Crippen molar-refractivity contribution < 1.29 is 27.6 Å². The van der Waals surface area contributed by atoms with Gasteiger partial charge in [-0.25, -0.2) is 24.6 Å². The molecule has 0 spiro atoms. The molecule has 9 nitrogen and oxygen atoms in total. The molecule has 4 N–H and O–H groups in total. The monoisotopic (exact) mass is 537 g/mol. The molecule has 0 bridgehead atoms. The molecule has 1 aromatic carbocycles. The lowest BCUT2D eigenvalue weighted by molar-refractivity contribution is -0.203. The molecule has 1 fully saturated rings. The molecule has 4 atom stereocenters. The van der Waals surface area contributed by atoms with E-state index < -0.39 is 44.5 Å². The van der Waals surface area contributed by atoms with Crippen LogP contribution < -0.4 is 16.7 Å². The number of amides is 2. The van der Waals surface area contributed by atoms with Gasteiger partial charge in [0.25, 0.3) is 0 Å². The van der Waals surface area contributed by atoms with E-state index in [4.69, 9.17) is 15.4 Å². The zero-order valence-electron chi connectivity index (χ0n) is 22.4. The molecule has 0 aliphatic carbocycles. The second-order valence-corrected chi connectivity index (χ2v) is 12.5. The summed E-state index contributed by atoms with van der Waals surface area (Å²) in [5.41, 5.74) is 5.39. The predicted octanol–water partition coefficient (Wildman–Crippen LogP) is 3.52. The molecule has 2 unspecified atom stereocenters. The number of sulfone groups is 1. The van der Waals surface area contributed by atoms with Crippen LogP contribution in [0.25, 0.3) is 6.08 Å². The quantitative estimate of drug-likeness (QED) is 0.188. The molecule has 1 aromatic rings. The summed E-state index contributed by atoms with van der Waals surface area (Å²) in [6.07, 6.45) is 7.80. The van der Waals surface area contributed by atoms with Gasteiger partial charge in [0.15, 0.2) is 16.1 Å². The van der Waals surface area contributed by atoms with Gasteiger partial charge >= 0.3 is 0 Å². The minimum atomic E-state index is -3.93. The summed E-state index contributed by atoms with van der Waals surface area (Å²) in [7, 11) is -3.93. The van der Waals surface area contributed by atoms with Crippen molar-refractivity contribution in [2.75, 3.05) is 12.9 Å². The first-order valence-electron chi connectivity index (χ1n) is 13.1. The van der Waals surface area contributed by atoms with E-state index in [0.29, 0.717) is 25.9 Å². The lowest BCUT2D eigenvalue weighted by Gasteiger charge is -2.40. The third kappa shape index (κ3) is 8.63. The van der Waals surface area contributed by atoms with Crippen LogP contribution in [-0.4, -0.2) is 44.1 Å². The van der Waals surface area contributed by atoms with Crippen LogP contribution in [0.2, 0.25) is 0 Å². The number of carbonyl (C=O) groups excluding carboxylic acids is 2. The Hall–Kier alpha value is -2.27. The maximum absolute atomic E-state index is 13.9. The zero-order valence-corrected chi connectivity index (χ0v) is 23.3. The van der Waals surface area contributed by atoms with Crippen LogP contribution in [0, 0.1) is 17.8 Å². The first-order valence-corrected chi connectivity index (χ1v) is 15.0. The fourth-order valence-corrected chi connectivity index (χ4v) is 6.45. The van der Waals surface area contributed by atoms with Crippen LogP contribution in [0.4, 0.5) is 0 Å². The Labute approximate surface area is 221 Å². The standard InChI is InChI=1S/C27H43N3O6S/c1-5-6-16-27(37(4,33)34,17-15-21-12-8-7-9-13-21)24(22(19-20(2)3)25(31)29-28)26(32)30-36-23-14-10-11-18-35-23/h7-9,12-13,15,17,20,22-24H,5-6,10-11,14,16,18-19,28H2,1-4H3,(H,29,31)(H,30,32)/b17-15+/t22-,23?,24+,27?/m1/s1. The van der Waals surface area contributed by atoms with E-state index in [1.807, 2.05) is 51.1 Å². The predicted molar refractivity (Wildman–Crippen MR) is 144 cm³/mol. The second-order valence-electron chi connectivity index (χ2n) is 10.2. The molecule has 208 valence electrons. The van der Waals surface area contributed by atoms with Crippen LogP contribution in [0.3, 0.4) is 0 Å². The molecule has 1 saturated heterocycles. The zero-order chi connectivity index (χ0) is 27.5. The smallest absolute Gasteiger partial charge is 0.249 e. The van der Waals surface area contributed by atoms with Crippen LogP contribution in [0.5, 0.6) is 0 Å². The number of unbranched alkanes of at least 4 members (excludes halogenated alkanes) is 1. The van der Waals surface area contributed by atoms with Gasteiger partial charge in [-0.15, -0.1) is 0 Å². The topological polar surface area (TPSA) is 137 Å². The molecule has 2 amide bonds. The van der Waals surface area contributed by atoms with Crippen LogP contribution in [-0.2, 0) is 29.0 Å². The Morgan fingerprint density at radius 3 is 2.46 bits per heavy atom. The highest BCUT2D eigenvalue weighted by Gasteiger charge is 2.54. The van der Waals surface area contributed by atoms with E-state index in [1.54, 1.807) is 12.2 Å². The minimum absolute atomic E-state index is 0.0123. The van der Waals surface area contributed by atoms with Gasteiger partial charge in [0.2, 0.25) is 11.8 Å². The van der Waals surface area contributed by atoms with Crippen molar-refractivity contribution >= 4 is 27.7 Å². The number of nitrogens with one attached hydrogen (secondary N) is 2. The third-order valence-corrected chi connectivity index (χ3v) is 8.79. The van der Waals surface area contributed by atoms with Crippen molar-refractivity contribution in [2.24, 2.45) is 23.6 Å². The van der Waals surface area contributed by atoms with Crippen molar-refractivity contribution in [3.63, 3.8) is 0 Å². The molecular formula is C27H43N3O6S. The average Bonchev–Trinajstić information content (AvgIpc) is 2.88. The highest BCUT2D eigenvalue weighted by atomic mass is 32.2. The lowest BCUT2D eigenvalue weighted by Crippen LogP contribution is -2.57. The highest BCUT2D eigenvalue weighted by molar-refractivity contribution is 7.92. The third-order valence-electron chi connectivity index (χ3n) is 6.81. The number of carbonyl (C=O) groups is 2. The Balaban J connectivity index is 2.66. The van der Waals surface area contributed by atoms with Gasteiger partial charge < -0.3 is 4.74 Å². The molecule has 37 heavy (non-hydrogen) atoms. The number of benzene rings is 1. The van der Waals surface area contributed by atoms with E-state index in [1.165, 1.54) is 0 Å². The van der Waals surface area contributed by atoms with E-state index in [2.05, 4.69) is 10.9 Å². The largest absolute Gasteiger partial charge is 0.350 e. The first kappa shape index (κ1) is 31.0. The van der Waals surface area contributed by atoms with Gasteiger partial charge in [-0.2, -0.15) is 0 Å². The SMILES string of the molecule is CCCCC(/C=C/c1ccccc1)([C@H](C(=O)NOC1CCCCO1)[C@@H](CC(C)C)C(=O)NN)S(C)(=O)=O. The van der Waals surface area contributed by atoms with Crippen molar-refractivity contribution in [2.45, 2.75) is 76.8 Å². The van der Waals surface area contributed by atoms with E-state index in [0.717, 1.165) is 24.7 Å². The number of hydrogen-bond donors (Lipinski definition) is 3. The van der Waals surface area contributed by atoms with E-state index >= 15 is 0 Å². The number of hydrazine groups is 1. The molecule has 1 heterocycles. The van der Waals surface area contributed by atoms with Crippen molar-refractivity contribution in [1.29, 1.82) is 0 Å². The summed E-state index contributed by atoms with van der Waals surface area (Å²) >= 11 is 0. The molecule has 1 aliphatic rings. The molecule has 1 aliphatic heterocycles. The minimum Gasteiger partial charge on any atom is -0.350 e. The number of ether oxygens (including phenoxy) is 1. The summed E-state index contributed by atoms with van der Waals surface area (Å²) in [6, 6.07) is 9.25. The van der Waals surface area contributed by atoms with Crippen LogP contribution >= 0.6 is 0 Å². The molecule has 0 aromatic heterocycles. The number of hydroxylamine groups is 1. The van der Waals surface area contributed by atoms with Gasteiger partial charge in [-0.05, 0) is 37.2 Å². The molecule has 0 saturated carbocycles. The summed E-state index contributed by atoms with van der Waals surface area (Å²) in [5, 5.41) is 0. The number of rotatable bonds is 14. The second kappa shape index (κ2) is 14.6. The van der Waals surface area contributed by atoms with Gasteiger partial charge in [0, 0.05) is 19.3 Å². The fourth-order valence-electron chi connectivity index (χ4n) is 4.88. The lowest BCUT2D eigenvalue weighted by atomic mass is 9.73. The first-order chi connectivity index (χ1) is 17.6. The fraction of sp³-hybridized carbons (Fsp3) is 0.630. The molecular weight excluding hydrogens is 494 g/mol. The van der Waals surface area contributed by atoms with Gasteiger partial charge in [-0.1, -0.05) is 76.1 Å². The molecule has 2 rings (SSSR count). The maximum atomic E-state index is 13.9. The van der Waals surface area contributed by atoms with Crippen LogP contribution in [0.15, 0.2) is 36.4 Å². The van der Waals surface area contributed by atoms with E-state index in [9.17, 15) is 18.0 Å². The van der Waals surface area contributed by atoms with Gasteiger partial charge in [0.05, 0.1) is 11.8 Å². The Morgan fingerprint density at radius 1 is 1.22 bits per heavy atom. The van der Waals surface area contributed by atoms with Crippen LogP contribution in [0.1, 0.15) is 71.3 Å². The number of nitrogens with two attached hydrogens (primary N) is 1. The van der Waals surface area contributed by atoms with Gasteiger partial charge in [0.1, 0.15) is 4.75 Å². The summed E-state index contributed by atoms with van der Waals surface area (Å²) in [4.78, 5) is 32.6. The van der Waals surface area contributed by atoms with Crippen molar-refractivity contribution in [1.82, 2.24) is 10.9 Å². The Kier molecular flexibility index (Phi) is 12.2. The number of hydrogen-bond acceptors (Lipinski definition) is 7. The average molecular weight is 538 g/mol. The maximum Gasteiger partial charge on any atom is 0.249 e.